The summed E-state index contributed by atoms with van der Waals surface area (Å²) in [7, 11) is 0. The standard InChI is InChI=1S/C57H51N4O2.Pt/c1-55(2,3)37-22-23-47(42(29-37)34-16-11-10-12-17-34)61-48-20-15-19-41(44-32-45-40-18-13-14-21-50(40)63-51(45)33-49(44)62)53(48)60-54(61)36-26-35(27-38(28-36)56(4,5)6)43-30-39(57(7,8)9)31-46-52(43)59-25-24-58-46;/h10-25,27-33,62H,1-9H3;/q-1;. The number of rotatable bonds is 5. The van der Waals surface area contributed by atoms with Crippen molar-refractivity contribution in [3.63, 3.8) is 0 Å². The van der Waals surface area contributed by atoms with Crippen molar-refractivity contribution >= 4 is 44.0 Å². The molecule has 0 atom stereocenters. The molecule has 322 valence electrons. The molecule has 0 radical (unpaired) electrons. The number of aromatic nitrogens is 4. The van der Waals surface area contributed by atoms with Gasteiger partial charge >= 0.3 is 0 Å². The topological polar surface area (TPSA) is 77.0 Å². The largest absolute Gasteiger partial charge is 0.507 e. The summed E-state index contributed by atoms with van der Waals surface area (Å²) >= 11 is 0. The van der Waals surface area contributed by atoms with Crippen LogP contribution in [-0.2, 0) is 37.3 Å². The molecule has 0 saturated heterocycles. The van der Waals surface area contributed by atoms with E-state index in [0.717, 1.165) is 88.9 Å². The van der Waals surface area contributed by atoms with Crippen molar-refractivity contribution < 1.29 is 30.6 Å². The SMILES string of the molecule is CC(C)(C)c1cc(-c2cc(C(C)(C)C)cc3nccnc23)[c-]c(-c2nc3c(-c4cc5c(cc4O)oc4ccccc45)cccc3n2-c2ccc(C(C)(C)C)cc2-c2ccccc2)c1.[Pt]. The summed E-state index contributed by atoms with van der Waals surface area (Å²) in [5.74, 6) is 0.863. The molecule has 0 aliphatic rings. The van der Waals surface area contributed by atoms with Crippen LogP contribution < -0.4 is 0 Å². The summed E-state index contributed by atoms with van der Waals surface area (Å²) in [6, 6.07) is 48.3. The maximum Gasteiger partial charge on any atom is 0.139 e. The Morgan fingerprint density at radius 2 is 1.20 bits per heavy atom. The van der Waals surface area contributed by atoms with Crippen LogP contribution in [0.5, 0.6) is 5.75 Å². The van der Waals surface area contributed by atoms with Crippen molar-refractivity contribution in [3.8, 4) is 56.2 Å². The van der Waals surface area contributed by atoms with Gasteiger partial charge in [0.2, 0.25) is 0 Å². The van der Waals surface area contributed by atoms with Crippen LogP contribution in [0.4, 0.5) is 0 Å². The van der Waals surface area contributed by atoms with E-state index >= 15 is 0 Å². The third-order valence-corrected chi connectivity index (χ3v) is 12.4. The van der Waals surface area contributed by atoms with Gasteiger partial charge in [0.25, 0.3) is 0 Å². The van der Waals surface area contributed by atoms with E-state index in [9.17, 15) is 5.11 Å². The van der Waals surface area contributed by atoms with Crippen molar-refractivity contribution in [2.24, 2.45) is 0 Å². The second-order valence-electron chi connectivity index (χ2n) is 19.9. The smallest absolute Gasteiger partial charge is 0.139 e. The zero-order valence-electron chi connectivity index (χ0n) is 37.7. The quantitative estimate of drug-likeness (QED) is 0.174. The zero-order valence-corrected chi connectivity index (χ0v) is 40.0. The van der Waals surface area contributed by atoms with E-state index < -0.39 is 0 Å². The van der Waals surface area contributed by atoms with Crippen molar-refractivity contribution in [1.82, 2.24) is 19.5 Å². The molecule has 64 heavy (non-hydrogen) atoms. The van der Waals surface area contributed by atoms with Crippen molar-refractivity contribution in [1.29, 1.82) is 0 Å². The van der Waals surface area contributed by atoms with E-state index in [-0.39, 0.29) is 43.1 Å². The van der Waals surface area contributed by atoms with Gasteiger partial charge in [-0.25, -0.2) is 0 Å². The Labute approximate surface area is 389 Å². The molecule has 6 nitrogen and oxygen atoms in total. The first-order valence-corrected chi connectivity index (χ1v) is 21.7. The molecule has 0 amide bonds. The molecule has 0 unspecified atom stereocenters. The Morgan fingerprint density at radius 1 is 0.531 bits per heavy atom. The maximum absolute atomic E-state index is 11.8. The van der Waals surface area contributed by atoms with Gasteiger partial charge in [-0.05, 0) is 69.3 Å². The Bertz CT molecular complexity index is 3410. The molecular formula is C57H51N4O2Pt-. The number of para-hydroxylation sites is 2. The minimum absolute atomic E-state index is 0. The minimum atomic E-state index is -0.220. The molecule has 0 aliphatic carbocycles. The van der Waals surface area contributed by atoms with Crippen LogP contribution in [0.2, 0.25) is 0 Å². The molecule has 0 fully saturated rings. The number of furan rings is 1. The van der Waals surface area contributed by atoms with Gasteiger partial charge in [-0.3, -0.25) is 15.0 Å². The summed E-state index contributed by atoms with van der Waals surface area (Å²) in [6.45, 7) is 20.2. The van der Waals surface area contributed by atoms with E-state index in [1.165, 1.54) is 11.1 Å². The number of phenolic OH excluding ortho intramolecular Hbond substituents is 1. The molecule has 0 saturated carbocycles. The van der Waals surface area contributed by atoms with Gasteiger partial charge in [0.05, 0.1) is 27.9 Å². The Hall–Kier alpha value is -6.36. The van der Waals surface area contributed by atoms with Crippen LogP contribution in [0.3, 0.4) is 0 Å². The van der Waals surface area contributed by atoms with E-state index in [2.05, 4.69) is 170 Å². The van der Waals surface area contributed by atoms with Crippen LogP contribution in [-0.4, -0.2) is 24.6 Å². The third kappa shape index (κ3) is 7.52. The fraction of sp³-hybridized carbons (Fsp3) is 0.211. The van der Waals surface area contributed by atoms with Crippen molar-refractivity contribution in [2.75, 3.05) is 0 Å². The van der Waals surface area contributed by atoms with E-state index in [1.54, 1.807) is 18.5 Å². The predicted molar refractivity (Wildman–Crippen MR) is 260 cm³/mol. The first-order valence-electron chi connectivity index (χ1n) is 21.7. The normalized spacial score (nSPS) is 12.4. The molecule has 0 aliphatic heterocycles. The first kappa shape index (κ1) is 42.9. The third-order valence-electron chi connectivity index (χ3n) is 12.4. The van der Waals surface area contributed by atoms with Gasteiger partial charge in [0, 0.05) is 72.7 Å². The van der Waals surface area contributed by atoms with Gasteiger partial charge in [-0.15, -0.1) is 29.3 Å². The van der Waals surface area contributed by atoms with Gasteiger partial charge in [0.15, 0.2) is 0 Å². The van der Waals surface area contributed by atoms with E-state index in [1.807, 2.05) is 24.3 Å². The van der Waals surface area contributed by atoms with Crippen LogP contribution in [0.15, 0.2) is 144 Å². The van der Waals surface area contributed by atoms with Crippen molar-refractivity contribution in [3.05, 3.63) is 163 Å². The second-order valence-corrected chi connectivity index (χ2v) is 19.9. The predicted octanol–water partition coefficient (Wildman–Crippen LogP) is 14.9. The number of aromatic hydroxyl groups is 1. The Kier molecular flexibility index (Phi) is 10.5. The molecule has 10 rings (SSSR count). The summed E-state index contributed by atoms with van der Waals surface area (Å²) in [4.78, 5) is 15.4. The zero-order chi connectivity index (χ0) is 44.0. The van der Waals surface area contributed by atoms with Gasteiger partial charge in [0.1, 0.15) is 16.9 Å². The number of hydrogen-bond acceptors (Lipinski definition) is 5. The second kappa shape index (κ2) is 15.7. The van der Waals surface area contributed by atoms with Crippen LogP contribution in [0.25, 0.3) is 94.5 Å². The van der Waals surface area contributed by atoms with Gasteiger partial charge < -0.3 is 14.1 Å². The number of benzene rings is 7. The van der Waals surface area contributed by atoms with Gasteiger partial charge in [-0.1, -0.05) is 146 Å². The number of fused-ring (bicyclic) bond motifs is 5. The Morgan fingerprint density at radius 3 is 1.95 bits per heavy atom. The molecule has 1 N–H and O–H groups in total. The van der Waals surface area contributed by atoms with Crippen molar-refractivity contribution in [2.45, 2.75) is 78.6 Å². The molecule has 7 aromatic carbocycles. The Balaban J connectivity index is 0.00000518. The van der Waals surface area contributed by atoms with Crippen LogP contribution in [0.1, 0.15) is 79.0 Å². The number of phenols is 1. The molecule has 0 bridgehead atoms. The summed E-state index contributed by atoms with van der Waals surface area (Å²) in [5, 5.41) is 13.7. The summed E-state index contributed by atoms with van der Waals surface area (Å²) < 4.78 is 8.48. The molecule has 3 aromatic heterocycles. The number of hydrogen-bond donors (Lipinski definition) is 1. The van der Waals surface area contributed by atoms with Crippen LogP contribution >= 0.6 is 0 Å². The number of nitrogens with zero attached hydrogens (tertiary/aromatic N) is 4. The maximum atomic E-state index is 11.8. The molecule has 10 aromatic rings. The molecular weight excluding hydrogens is 968 g/mol. The number of imidazole rings is 1. The fourth-order valence-corrected chi connectivity index (χ4v) is 8.75. The fourth-order valence-electron chi connectivity index (χ4n) is 8.75. The van der Waals surface area contributed by atoms with Crippen LogP contribution in [0, 0.1) is 6.07 Å². The minimum Gasteiger partial charge on any atom is -0.507 e. The van der Waals surface area contributed by atoms with E-state index in [0.29, 0.717) is 11.1 Å². The summed E-state index contributed by atoms with van der Waals surface area (Å²) in [5.41, 5.74) is 15.3. The average molecular weight is 1020 g/mol. The monoisotopic (exact) mass is 1020 g/mol. The summed E-state index contributed by atoms with van der Waals surface area (Å²) in [6.07, 6.45) is 3.53. The van der Waals surface area contributed by atoms with E-state index in [4.69, 9.17) is 19.4 Å². The van der Waals surface area contributed by atoms with Gasteiger partial charge in [-0.2, -0.15) is 0 Å². The first-order chi connectivity index (χ1) is 30.0. The molecule has 7 heteroatoms. The molecule has 0 spiro atoms. The molecule has 3 heterocycles. The average Bonchev–Trinajstić information content (AvgIpc) is 3.83.